The predicted molar refractivity (Wildman–Crippen MR) is 115 cm³/mol. The maximum absolute atomic E-state index is 13.4. The van der Waals surface area contributed by atoms with Gasteiger partial charge in [0.15, 0.2) is 0 Å². The standard InChI is InChI=1S/C24H26N2O3/c1-3-29-21-14-13-17-9-4-5-10-18(17)22(21)23-25-20-12-7-6-11-19(20)24(27)26(23)15-8-16-28-2/h4-7,9-14,23,25H,3,8,15-16H2,1-2H3. The lowest BCUT2D eigenvalue weighted by Gasteiger charge is -2.39. The van der Waals surface area contributed by atoms with Gasteiger partial charge < -0.3 is 19.7 Å². The minimum absolute atomic E-state index is 0.0239. The number of nitrogens with zero attached hydrogens (tertiary/aromatic N) is 1. The van der Waals surface area contributed by atoms with Gasteiger partial charge in [-0.05, 0) is 42.3 Å². The Labute approximate surface area is 171 Å². The molecule has 0 aliphatic carbocycles. The van der Waals surface area contributed by atoms with Gasteiger partial charge in [-0.25, -0.2) is 0 Å². The Morgan fingerprint density at radius 1 is 1.03 bits per heavy atom. The normalized spacial score (nSPS) is 15.9. The quantitative estimate of drug-likeness (QED) is 0.587. The molecule has 150 valence electrons. The molecular weight excluding hydrogens is 364 g/mol. The van der Waals surface area contributed by atoms with E-state index in [1.165, 1.54) is 0 Å². The van der Waals surface area contributed by atoms with E-state index in [4.69, 9.17) is 9.47 Å². The number of rotatable bonds is 7. The molecule has 1 unspecified atom stereocenters. The molecule has 0 radical (unpaired) electrons. The molecule has 29 heavy (non-hydrogen) atoms. The molecule has 0 bridgehead atoms. The van der Waals surface area contributed by atoms with Crippen molar-refractivity contribution in [1.82, 2.24) is 4.90 Å². The number of methoxy groups -OCH3 is 1. The van der Waals surface area contributed by atoms with Gasteiger partial charge >= 0.3 is 0 Å². The number of para-hydroxylation sites is 1. The van der Waals surface area contributed by atoms with Crippen molar-refractivity contribution < 1.29 is 14.3 Å². The van der Waals surface area contributed by atoms with Crippen LogP contribution in [-0.4, -0.2) is 37.7 Å². The highest BCUT2D eigenvalue weighted by Gasteiger charge is 2.35. The monoisotopic (exact) mass is 390 g/mol. The summed E-state index contributed by atoms with van der Waals surface area (Å²) in [5.41, 5.74) is 2.53. The Balaban J connectivity index is 1.86. The molecule has 5 nitrogen and oxygen atoms in total. The van der Waals surface area contributed by atoms with E-state index in [0.29, 0.717) is 25.3 Å². The predicted octanol–water partition coefficient (Wildman–Crippen LogP) is 4.84. The number of hydrogen-bond donors (Lipinski definition) is 1. The van der Waals surface area contributed by atoms with Gasteiger partial charge in [-0.15, -0.1) is 0 Å². The van der Waals surface area contributed by atoms with E-state index >= 15 is 0 Å². The summed E-state index contributed by atoms with van der Waals surface area (Å²) in [7, 11) is 1.68. The van der Waals surface area contributed by atoms with Crippen LogP contribution >= 0.6 is 0 Å². The van der Waals surface area contributed by atoms with Gasteiger partial charge in [0, 0.05) is 31.5 Å². The third-order valence-corrected chi connectivity index (χ3v) is 5.27. The van der Waals surface area contributed by atoms with Crippen LogP contribution in [0.2, 0.25) is 0 Å². The molecule has 1 heterocycles. The van der Waals surface area contributed by atoms with Crippen LogP contribution in [0.15, 0.2) is 60.7 Å². The molecule has 0 fully saturated rings. The zero-order chi connectivity index (χ0) is 20.2. The molecule has 1 aliphatic heterocycles. The molecule has 3 aromatic carbocycles. The average Bonchev–Trinajstić information content (AvgIpc) is 2.75. The lowest BCUT2D eigenvalue weighted by Crippen LogP contribution is -2.44. The molecular formula is C24H26N2O3. The number of hydrogen-bond acceptors (Lipinski definition) is 4. The molecule has 0 saturated heterocycles. The Bertz CT molecular complexity index is 1020. The van der Waals surface area contributed by atoms with E-state index in [0.717, 1.165) is 34.2 Å². The summed E-state index contributed by atoms with van der Waals surface area (Å²) in [6.07, 6.45) is 0.444. The highest BCUT2D eigenvalue weighted by Crippen LogP contribution is 2.40. The van der Waals surface area contributed by atoms with Crippen molar-refractivity contribution in [3.63, 3.8) is 0 Å². The molecule has 5 heteroatoms. The molecule has 1 aliphatic rings. The van der Waals surface area contributed by atoms with E-state index in [9.17, 15) is 4.79 Å². The van der Waals surface area contributed by atoms with Crippen LogP contribution in [0.5, 0.6) is 5.75 Å². The summed E-state index contributed by atoms with van der Waals surface area (Å²) in [6, 6.07) is 20.0. The number of benzene rings is 3. The summed E-state index contributed by atoms with van der Waals surface area (Å²) in [5.74, 6) is 0.823. The number of carbonyl (C=O) groups excluding carboxylic acids is 1. The first-order chi connectivity index (χ1) is 14.2. The van der Waals surface area contributed by atoms with Crippen molar-refractivity contribution in [2.45, 2.75) is 19.5 Å². The molecule has 1 atom stereocenters. The fourth-order valence-corrected chi connectivity index (χ4v) is 3.97. The van der Waals surface area contributed by atoms with Crippen molar-refractivity contribution in [2.24, 2.45) is 0 Å². The SMILES string of the molecule is CCOc1ccc2ccccc2c1C1Nc2ccccc2C(=O)N1CCCOC. The van der Waals surface area contributed by atoms with Crippen molar-refractivity contribution in [2.75, 3.05) is 32.2 Å². The average molecular weight is 390 g/mol. The first-order valence-corrected chi connectivity index (χ1v) is 10.0. The Morgan fingerprint density at radius 2 is 1.83 bits per heavy atom. The Hall–Kier alpha value is -3.05. The van der Waals surface area contributed by atoms with Crippen molar-refractivity contribution in [1.29, 1.82) is 0 Å². The number of fused-ring (bicyclic) bond motifs is 2. The van der Waals surface area contributed by atoms with Crippen LogP contribution in [0.4, 0.5) is 5.69 Å². The van der Waals surface area contributed by atoms with Gasteiger partial charge in [-0.3, -0.25) is 4.79 Å². The molecule has 0 spiro atoms. The third-order valence-electron chi connectivity index (χ3n) is 5.27. The second-order valence-electron chi connectivity index (χ2n) is 7.07. The molecule has 0 saturated carbocycles. The van der Waals surface area contributed by atoms with Gasteiger partial charge in [-0.2, -0.15) is 0 Å². The van der Waals surface area contributed by atoms with Crippen LogP contribution in [-0.2, 0) is 4.74 Å². The first-order valence-electron chi connectivity index (χ1n) is 10.0. The number of carbonyl (C=O) groups is 1. The second kappa shape index (κ2) is 8.53. The first kappa shape index (κ1) is 19.3. The second-order valence-corrected chi connectivity index (χ2v) is 7.07. The molecule has 1 N–H and O–H groups in total. The summed E-state index contributed by atoms with van der Waals surface area (Å²) in [4.78, 5) is 15.3. The molecule has 4 rings (SSSR count). The van der Waals surface area contributed by atoms with Crippen molar-refractivity contribution in [3.8, 4) is 5.75 Å². The fourth-order valence-electron chi connectivity index (χ4n) is 3.97. The maximum atomic E-state index is 13.4. The van der Waals surface area contributed by atoms with Crippen LogP contribution in [0.25, 0.3) is 10.8 Å². The minimum atomic E-state index is -0.318. The van der Waals surface area contributed by atoms with E-state index in [-0.39, 0.29) is 12.1 Å². The Morgan fingerprint density at radius 3 is 2.66 bits per heavy atom. The molecule has 0 aromatic heterocycles. The lowest BCUT2D eigenvalue weighted by atomic mass is 9.97. The number of amides is 1. The minimum Gasteiger partial charge on any atom is -0.493 e. The van der Waals surface area contributed by atoms with E-state index in [1.807, 2.05) is 54.3 Å². The van der Waals surface area contributed by atoms with Crippen molar-refractivity contribution >= 4 is 22.4 Å². The van der Waals surface area contributed by atoms with Gasteiger partial charge in [0.2, 0.25) is 0 Å². The zero-order valence-corrected chi connectivity index (χ0v) is 16.9. The smallest absolute Gasteiger partial charge is 0.257 e. The number of nitrogens with one attached hydrogen (secondary N) is 1. The van der Waals surface area contributed by atoms with E-state index in [1.54, 1.807) is 7.11 Å². The molecule has 3 aromatic rings. The van der Waals surface area contributed by atoms with Gasteiger partial charge in [0.25, 0.3) is 5.91 Å². The Kier molecular flexibility index (Phi) is 5.67. The summed E-state index contributed by atoms with van der Waals surface area (Å²) >= 11 is 0. The fraction of sp³-hybridized carbons (Fsp3) is 0.292. The highest BCUT2D eigenvalue weighted by atomic mass is 16.5. The van der Waals surface area contributed by atoms with E-state index < -0.39 is 0 Å². The largest absolute Gasteiger partial charge is 0.493 e. The number of ether oxygens (including phenoxy) is 2. The summed E-state index contributed by atoms with van der Waals surface area (Å²) in [6.45, 7) is 3.73. The van der Waals surface area contributed by atoms with Gasteiger partial charge in [0.1, 0.15) is 11.9 Å². The van der Waals surface area contributed by atoms with Gasteiger partial charge in [-0.1, -0.05) is 42.5 Å². The molecule has 1 amide bonds. The zero-order valence-electron chi connectivity index (χ0n) is 16.9. The summed E-state index contributed by atoms with van der Waals surface area (Å²) in [5, 5.41) is 5.80. The maximum Gasteiger partial charge on any atom is 0.257 e. The van der Waals surface area contributed by atoms with Crippen LogP contribution in [0.3, 0.4) is 0 Å². The van der Waals surface area contributed by atoms with Crippen LogP contribution < -0.4 is 10.1 Å². The van der Waals surface area contributed by atoms with E-state index in [2.05, 4.69) is 23.5 Å². The van der Waals surface area contributed by atoms with Crippen LogP contribution in [0, 0.1) is 0 Å². The number of anilines is 1. The van der Waals surface area contributed by atoms with Crippen molar-refractivity contribution in [3.05, 3.63) is 71.8 Å². The third kappa shape index (κ3) is 3.66. The topological polar surface area (TPSA) is 50.8 Å². The highest BCUT2D eigenvalue weighted by molar-refractivity contribution is 6.02. The lowest BCUT2D eigenvalue weighted by molar-refractivity contribution is 0.0659. The van der Waals surface area contributed by atoms with Gasteiger partial charge in [0.05, 0.1) is 12.2 Å². The van der Waals surface area contributed by atoms with Crippen LogP contribution in [0.1, 0.15) is 35.4 Å². The summed E-state index contributed by atoms with van der Waals surface area (Å²) < 4.78 is 11.2.